The lowest BCUT2D eigenvalue weighted by Gasteiger charge is -2.48. The quantitative estimate of drug-likeness (QED) is 0.795. The predicted octanol–water partition coefficient (Wildman–Crippen LogP) is 2.17. The maximum atomic E-state index is 9.17. The van der Waals surface area contributed by atoms with E-state index in [1.807, 2.05) is 0 Å². The lowest BCUT2D eigenvalue weighted by Crippen LogP contribution is -2.59. The second-order valence-electron chi connectivity index (χ2n) is 7.20. The molecule has 4 nitrogen and oxygen atoms in total. The van der Waals surface area contributed by atoms with E-state index in [9.17, 15) is 5.26 Å². The molecule has 1 atom stereocenters. The number of likely N-dealkylation sites (tertiary alicyclic amines) is 1. The highest BCUT2D eigenvalue weighted by atomic mass is 15.3. The van der Waals surface area contributed by atoms with Crippen LogP contribution in [0.3, 0.4) is 0 Å². The van der Waals surface area contributed by atoms with Crippen LogP contribution in [-0.2, 0) is 0 Å². The Hall–Kier alpha value is -0.630. The number of hydrogen-bond acceptors (Lipinski definition) is 4. The van der Waals surface area contributed by atoms with E-state index in [0.29, 0.717) is 30.6 Å². The zero-order valence-electron chi connectivity index (χ0n) is 14.3. The van der Waals surface area contributed by atoms with E-state index in [4.69, 9.17) is 0 Å². The van der Waals surface area contributed by atoms with Gasteiger partial charge in [0.1, 0.15) is 0 Å². The normalized spacial score (nSPS) is 27.4. The van der Waals surface area contributed by atoms with Crippen molar-refractivity contribution in [3.05, 3.63) is 0 Å². The van der Waals surface area contributed by atoms with E-state index in [1.54, 1.807) is 0 Å². The summed E-state index contributed by atoms with van der Waals surface area (Å²) in [6.45, 7) is 14.9. The van der Waals surface area contributed by atoms with Crippen LogP contribution >= 0.6 is 0 Å². The topological polar surface area (TPSA) is 33.5 Å². The van der Waals surface area contributed by atoms with Crippen molar-refractivity contribution in [2.24, 2.45) is 0 Å². The SMILES string of the molecule is CC(C)N1CCC(N2CCN(C(C)C)C[C@@H]2CC#N)CC1. The summed E-state index contributed by atoms with van der Waals surface area (Å²) in [5.41, 5.74) is 0. The minimum Gasteiger partial charge on any atom is -0.301 e. The molecule has 2 heterocycles. The van der Waals surface area contributed by atoms with Gasteiger partial charge in [-0.15, -0.1) is 0 Å². The van der Waals surface area contributed by atoms with Gasteiger partial charge in [0, 0.05) is 43.8 Å². The molecule has 0 radical (unpaired) electrons. The zero-order chi connectivity index (χ0) is 15.4. The predicted molar refractivity (Wildman–Crippen MR) is 87.2 cm³/mol. The fourth-order valence-corrected chi connectivity index (χ4v) is 3.86. The van der Waals surface area contributed by atoms with Crippen molar-refractivity contribution in [1.29, 1.82) is 5.26 Å². The minimum atomic E-state index is 0.432. The van der Waals surface area contributed by atoms with Crippen LogP contribution in [0.5, 0.6) is 0 Å². The van der Waals surface area contributed by atoms with Crippen LogP contribution in [0.2, 0.25) is 0 Å². The first-order chi connectivity index (χ1) is 10.0. The summed E-state index contributed by atoms with van der Waals surface area (Å²) in [6, 6.07) is 4.79. The Morgan fingerprint density at radius 2 is 1.57 bits per heavy atom. The number of nitriles is 1. The highest BCUT2D eigenvalue weighted by Crippen LogP contribution is 2.24. The molecule has 21 heavy (non-hydrogen) atoms. The first-order valence-electron chi connectivity index (χ1n) is 8.63. The average molecular weight is 292 g/mol. The summed E-state index contributed by atoms with van der Waals surface area (Å²) in [6.07, 6.45) is 3.21. The molecule has 0 bridgehead atoms. The van der Waals surface area contributed by atoms with E-state index < -0.39 is 0 Å². The molecule has 120 valence electrons. The molecule has 0 unspecified atom stereocenters. The Morgan fingerprint density at radius 1 is 0.952 bits per heavy atom. The summed E-state index contributed by atoms with van der Waals surface area (Å²) < 4.78 is 0. The van der Waals surface area contributed by atoms with Gasteiger partial charge in [0.05, 0.1) is 12.5 Å². The zero-order valence-corrected chi connectivity index (χ0v) is 14.3. The van der Waals surface area contributed by atoms with Gasteiger partial charge in [-0.2, -0.15) is 5.26 Å². The highest BCUT2D eigenvalue weighted by Gasteiger charge is 2.34. The monoisotopic (exact) mass is 292 g/mol. The second kappa shape index (κ2) is 7.58. The Balaban J connectivity index is 1.94. The third kappa shape index (κ3) is 4.18. The van der Waals surface area contributed by atoms with Crippen LogP contribution in [0.4, 0.5) is 0 Å². The van der Waals surface area contributed by atoms with Crippen LogP contribution in [0.15, 0.2) is 0 Å². The minimum absolute atomic E-state index is 0.432. The van der Waals surface area contributed by atoms with E-state index >= 15 is 0 Å². The molecular formula is C17H32N4. The molecule has 0 saturated carbocycles. The molecule has 2 aliphatic rings. The van der Waals surface area contributed by atoms with E-state index in [0.717, 1.165) is 19.6 Å². The fraction of sp³-hybridized carbons (Fsp3) is 0.941. The highest BCUT2D eigenvalue weighted by molar-refractivity contribution is 4.94. The van der Waals surface area contributed by atoms with Gasteiger partial charge in [0.15, 0.2) is 0 Å². The molecule has 4 heteroatoms. The Bertz CT molecular complexity index is 352. The van der Waals surface area contributed by atoms with Gasteiger partial charge in [-0.25, -0.2) is 0 Å². The Kier molecular flexibility index (Phi) is 6.04. The third-order valence-electron chi connectivity index (χ3n) is 5.32. The van der Waals surface area contributed by atoms with E-state index in [2.05, 4.69) is 48.5 Å². The molecule has 0 aliphatic carbocycles. The average Bonchev–Trinajstić information content (AvgIpc) is 2.47. The van der Waals surface area contributed by atoms with Crippen molar-refractivity contribution in [3.63, 3.8) is 0 Å². The van der Waals surface area contributed by atoms with Crippen LogP contribution in [0.1, 0.15) is 47.0 Å². The fourth-order valence-electron chi connectivity index (χ4n) is 3.86. The van der Waals surface area contributed by atoms with Crippen molar-refractivity contribution in [2.75, 3.05) is 32.7 Å². The molecule has 2 aliphatic heterocycles. The third-order valence-corrected chi connectivity index (χ3v) is 5.32. The molecular weight excluding hydrogens is 260 g/mol. The second-order valence-corrected chi connectivity index (χ2v) is 7.20. The molecule has 0 N–H and O–H groups in total. The molecule has 2 rings (SSSR count). The van der Waals surface area contributed by atoms with Gasteiger partial charge in [-0.1, -0.05) is 0 Å². The summed E-state index contributed by atoms with van der Waals surface area (Å²) in [5.74, 6) is 0. The first kappa shape index (κ1) is 16.7. The van der Waals surface area contributed by atoms with Crippen LogP contribution in [0, 0.1) is 11.3 Å². The van der Waals surface area contributed by atoms with Crippen molar-refractivity contribution < 1.29 is 0 Å². The van der Waals surface area contributed by atoms with Gasteiger partial charge in [-0.3, -0.25) is 9.80 Å². The molecule has 2 fully saturated rings. The van der Waals surface area contributed by atoms with Crippen LogP contribution in [0.25, 0.3) is 0 Å². The number of nitrogens with zero attached hydrogens (tertiary/aromatic N) is 4. The van der Waals surface area contributed by atoms with Crippen molar-refractivity contribution in [2.45, 2.75) is 71.1 Å². The van der Waals surface area contributed by atoms with Gasteiger partial charge < -0.3 is 4.90 Å². The maximum Gasteiger partial charge on any atom is 0.0638 e. The first-order valence-corrected chi connectivity index (χ1v) is 8.63. The van der Waals surface area contributed by atoms with Crippen molar-refractivity contribution >= 4 is 0 Å². The number of piperazine rings is 1. The maximum absolute atomic E-state index is 9.17. The molecule has 0 aromatic heterocycles. The van der Waals surface area contributed by atoms with Crippen LogP contribution in [-0.4, -0.2) is 71.6 Å². The number of piperidine rings is 1. The van der Waals surface area contributed by atoms with Crippen molar-refractivity contribution in [1.82, 2.24) is 14.7 Å². The molecule has 2 saturated heterocycles. The molecule has 0 amide bonds. The van der Waals surface area contributed by atoms with Gasteiger partial charge >= 0.3 is 0 Å². The summed E-state index contributed by atoms with van der Waals surface area (Å²) >= 11 is 0. The number of hydrogen-bond donors (Lipinski definition) is 0. The number of rotatable bonds is 4. The standard InChI is InChI=1S/C17H32N4/c1-14(2)19-9-6-16(7-10-19)21-12-11-20(15(3)4)13-17(21)5-8-18/h14-17H,5-7,9-13H2,1-4H3/t17-/m0/s1. The van der Waals surface area contributed by atoms with Crippen molar-refractivity contribution in [3.8, 4) is 6.07 Å². The lowest BCUT2D eigenvalue weighted by molar-refractivity contribution is 0.00329. The van der Waals surface area contributed by atoms with Gasteiger partial charge in [0.2, 0.25) is 0 Å². The largest absolute Gasteiger partial charge is 0.301 e. The smallest absolute Gasteiger partial charge is 0.0638 e. The van der Waals surface area contributed by atoms with Gasteiger partial charge in [-0.05, 0) is 53.6 Å². The van der Waals surface area contributed by atoms with Crippen LogP contribution < -0.4 is 0 Å². The molecule has 0 aromatic rings. The molecule has 0 aromatic carbocycles. The van der Waals surface area contributed by atoms with E-state index in [1.165, 1.54) is 25.9 Å². The summed E-state index contributed by atoms with van der Waals surface area (Å²) in [7, 11) is 0. The molecule has 0 spiro atoms. The lowest BCUT2D eigenvalue weighted by atomic mass is 9.97. The Labute approximate surface area is 130 Å². The summed E-state index contributed by atoms with van der Waals surface area (Å²) in [5, 5.41) is 9.17. The van der Waals surface area contributed by atoms with Gasteiger partial charge in [0.25, 0.3) is 0 Å². The van der Waals surface area contributed by atoms with E-state index in [-0.39, 0.29) is 0 Å². The Morgan fingerprint density at radius 3 is 2.10 bits per heavy atom. The summed E-state index contributed by atoms with van der Waals surface area (Å²) in [4.78, 5) is 7.77.